The third kappa shape index (κ3) is 3.10. The van der Waals surface area contributed by atoms with E-state index in [2.05, 4.69) is 45.6 Å². The molecule has 0 nitrogen and oxygen atoms in total. The Morgan fingerprint density at radius 3 is 2.46 bits per heavy atom. The molecule has 0 saturated carbocycles. The van der Waals surface area contributed by atoms with Gasteiger partial charge in [0.15, 0.2) is 0 Å². The summed E-state index contributed by atoms with van der Waals surface area (Å²) in [5.41, 5.74) is 4.22. The summed E-state index contributed by atoms with van der Waals surface area (Å²) in [4.78, 5) is 0. The second-order valence-corrected chi connectivity index (χ2v) is 3.58. The summed E-state index contributed by atoms with van der Waals surface area (Å²) in [6.07, 6.45) is 3.38. The van der Waals surface area contributed by atoms with E-state index in [9.17, 15) is 0 Å². The monoisotopic (exact) mass is 172 g/mol. The Bertz CT molecular complexity index is 289. The van der Waals surface area contributed by atoms with Gasteiger partial charge in [0.2, 0.25) is 0 Å². The molecule has 1 aromatic carbocycles. The van der Waals surface area contributed by atoms with Crippen LogP contribution in [0.1, 0.15) is 24.5 Å². The molecule has 1 rings (SSSR count). The fourth-order valence-electron chi connectivity index (χ4n) is 1.49. The first kappa shape index (κ1) is 10.1. The largest absolute Gasteiger partial charge is 0.107 e. The van der Waals surface area contributed by atoms with Crippen molar-refractivity contribution in [3.05, 3.63) is 47.5 Å². The summed E-state index contributed by atoms with van der Waals surface area (Å²) in [6.45, 7) is 6.02. The van der Waals surface area contributed by atoms with E-state index < -0.39 is 0 Å². The smallest absolute Gasteiger partial charge is 0.100 e. The Kier molecular flexibility index (Phi) is 3.82. The number of rotatable bonds is 4. The lowest BCUT2D eigenvalue weighted by Crippen LogP contribution is -1.94. The molecule has 0 bridgehead atoms. The SMILES string of the molecule is BCc1ccccc1CCC(=C)C. The van der Waals surface area contributed by atoms with Crippen LogP contribution in [0, 0.1) is 0 Å². The van der Waals surface area contributed by atoms with Crippen LogP contribution in [0.4, 0.5) is 0 Å². The summed E-state index contributed by atoms with van der Waals surface area (Å²) < 4.78 is 0. The van der Waals surface area contributed by atoms with Crippen molar-refractivity contribution in [3.8, 4) is 0 Å². The number of hydrogen-bond acceptors (Lipinski definition) is 0. The summed E-state index contributed by atoms with van der Waals surface area (Å²) in [6, 6.07) is 8.67. The van der Waals surface area contributed by atoms with Crippen LogP contribution in [-0.2, 0) is 12.7 Å². The normalized spacial score (nSPS) is 9.92. The lowest BCUT2D eigenvalue weighted by Gasteiger charge is -2.06. The maximum absolute atomic E-state index is 3.93. The summed E-state index contributed by atoms with van der Waals surface area (Å²) in [5, 5.41) is 0. The van der Waals surface area contributed by atoms with Crippen LogP contribution in [0.15, 0.2) is 36.4 Å². The minimum atomic E-state index is 1.11. The molecule has 0 saturated heterocycles. The van der Waals surface area contributed by atoms with Gasteiger partial charge in [-0.25, -0.2) is 0 Å². The Balaban J connectivity index is 2.69. The van der Waals surface area contributed by atoms with Crippen molar-refractivity contribution in [2.75, 3.05) is 0 Å². The second kappa shape index (κ2) is 4.91. The number of benzene rings is 1. The highest BCUT2D eigenvalue weighted by atomic mass is 14.0. The molecular weight excluding hydrogens is 155 g/mol. The molecule has 0 heterocycles. The van der Waals surface area contributed by atoms with E-state index in [4.69, 9.17) is 0 Å². The Morgan fingerprint density at radius 2 is 1.92 bits per heavy atom. The average Bonchev–Trinajstić information content (AvgIpc) is 2.15. The molecule has 13 heavy (non-hydrogen) atoms. The summed E-state index contributed by atoms with van der Waals surface area (Å²) in [7, 11) is 2.21. The molecule has 0 radical (unpaired) electrons. The molecule has 0 aliphatic rings. The van der Waals surface area contributed by atoms with Crippen LogP contribution < -0.4 is 0 Å². The van der Waals surface area contributed by atoms with Crippen LogP contribution in [0.2, 0.25) is 0 Å². The zero-order valence-corrected chi connectivity index (χ0v) is 8.64. The maximum Gasteiger partial charge on any atom is 0.107 e. The lowest BCUT2D eigenvalue weighted by atomic mass is 9.91. The zero-order chi connectivity index (χ0) is 9.68. The fourth-order valence-corrected chi connectivity index (χ4v) is 1.49. The van der Waals surface area contributed by atoms with Crippen LogP contribution in [0.5, 0.6) is 0 Å². The van der Waals surface area contributed by atoms with E-state index in [1.807, 2.05) is 0 Å². The molecule has 68 valence electrons. The Morgan fingerprint density at radius 1 is 1.31 bits per heavy atom. The molecule has 0 aliphatic heterocycles. The van der Waals surface area contributed by atoms with Gasteiger partial charge >= 0.3 is 0 Å². The van der Waals surface area contributed by atoms with Gasteiger partial charge in [0, 0.05) is 0 Å². The molecule has 1 aromatic rings. The highest BCUT2D eigenvalue weighted by Crippen LogP contribution is 2.12. The molecule has 0 N–H and O–H groups in total. The van der Waals surface area contributed by atoms with Gasteiger partial charge in [-0.1, -0.05) is 41.7 Å². The van der Waals surface area contributed by atoms with Crippen LogP contribution in [0.3, 0.4) is 0 Å². The Labute approximate surface area is 82.1 Å². The van der Waals surface area contributed by atoms with E-state index in [1.165, 1.54) is 16.7 Å². The van der Waals surface area contributed by atoms with Crippen LogP contribution in [-0.4, -0.2) is 7.85 Å². The third-order valence-electron chi connectivity index (χ3n) is 2.32. The van der Waals surface area contributed by atoms with Crippen molar-refractivity contribution in [2.45, 2.75) is 26.1 Å². The highest BCUT2D eigenvalue weighted by molar-refractivity contribution is 6.08. The predicted molar refractivity (Wildman–Crippen MR) is 61.8 cm³/mol. The standard InChI is InChI=1S/C12H17B/c1-10(2)7-8-11-5-3-4-6-12(11)9-13/h3-6H,1,7-9,13H2,2H3. The first-order chi connectivity index (χ1) is 6.24. The molecular formula is C12H17B. The maximum atomic E-state index is 3.93. The van der Waals surface area contributed by atoms with E-state index in [1.54, 1.807) is 0 Å². The molecule has 0 atom stereocenters. The van der Waals surface area contributed by atoms with Crippen molar-refractivity contribution in [3.63, 3.8) is 0 Å². The molecule has 0 amide bonds. The van der Waals surface area contributed by atoms with Gasteiger partial charge < -0.3 is 0 Å². The van der Waals surface area contributed by atoms with E-state index in [0.29, 0.717) is 0 Å². The van der Waals surface area contributed by atoms with E-state index in [-0.39, 0.29) is 0 Å². The molecule has 0 aliphatic carbocycles. The molecule has 1 heteroatoms. The molecule has 0 spiro atoms. The van der Waals surface area contributed by atoms with Gasteiger partial charge in [-0.15, -0.1) is 6.58 Å². The fraction of sp³-hybridized carbons (Fsp3) is 0.333. The predicted octanol–water partition coefficient (Wildman–Crippen LogP) is 2.33. The van der Waals surface area contributed by atoms with Gasteiger partial charge in [0.25, 0.3) is 0 Å². The van der Waals surface area contributed by atoms with Crippen molar-refractivity contribution in [1.82, 2.24) is 0 Å². The van der Waals surface area contributed by atoms with Gasteiger partial charge in [0.1, 0.15) is 7.85 Å². The topological polar surface area (TPSA) is 0 Å². The lowest BCUT2D eigenvalue weighted by molar-refractivity contribution is 0.933. The number of aryl methyl sites for hydroxylation is 1. The van der Waals surface area contributed by atoms with Crippen molar-refractivity contribution < 1.29 is 0 Å². The van der Waals surface area contributed by atoms with Gasteiger partial charge in [-0.3, -0.25) is 0 Å². The van der Waals surface area contributed by atoms with Crippen molar-refractivity contribution in [1.29, 1.82) is 0 Å². The zero-order valence-electron chi connectivity index (χ0n) is 8.64. The van der Waals surface area contributed by atoms with Crippen LogP contribution >= 0.6 is 0 Å². The average molecular weight is 172 g/mol. The van der Waals surface area contributed by atoms with Crippen molar-refractivity contribution >= 4 is 7.85 Å². The van der Waals surface area contributed by atoms with Crippen LogP contribution in [0.25, 0.3) is 0 Å². The molecule has 0 fully saturated rings. The first-order valence-corrected chi connectivity index (χ1v) is 4.95. The minimum Gasteiger partial charge on any atom is -0.100 e. The van der Waals surface area contributed by atoms with Crippen molar-refractivity contribution in [2.24, 2.45) is 0 Å². The number of allylic oxidation sites excluding steroid dienone is 1. The quantitative estimate of drug-likeness (QED) is 0.483. The highest BCUT2D eigenvalue weighted by Gasteiger charge is 1.98. The number of hydrogen-bond donors (Lipinski definition) is 0. The van der Waals surface area contributed by atoms with Gasteiger partial charge in [0.05, 0.1) is 0 Å². The second-order valence-electron chi connectivity index (χ2n) is 3.58. The molecule has 0 aromatic heterocycles. The van der Waals surface area contributed by atoms with Gasteiger partial charge in [-0.05, 0) is 25.3 Å². The van der Waals surface area contributed by atoms with E-state index >= 15 is 0 Å². The minimum absolute atomic E-state index is 1.11. The third-order valence-corrected chi connectivity index (χ3v) is 2.32. The molecule has 0 unspecified atom stereocenters. The summed E-state index contributed by atoms with van der Waals surface area (Å²) in [5.74, 6) is 0. The summed E-state index contributed by atoms with van der Waals surface area (Å²) >= 11 is 0. The first-order valence-electron chi connectivity index (χ1n) is 4.95. The van der Waals surface area contributed by atoms with E-state index in [0.717, 1.165) is 19.2 Å². The Hall–Kier alpha value is -0.975. The van der Waals surface area contributed by atoms with Gasteiger partial charge in [-0.2, -0.15) is 0 Å².